The summed E-state index contributed by atoms with van der Waals surface area (Å²) in [6, 6.07) is -0.352. The number of rotatable bonds is 3. The fraction of sp³-hybridized carbons (Fsp3) is 0.500. The van der Waals surface area contributed by atoms with Crippen LogP contribution < -0.4 is 0 Å². The van der Waals surface area contributed by atoms with Gasteiger partial charge in [-0.25, -0.2) is 0 Å². The standard InChI is InChI=1S/C12H16ClN5O2/c1-6-9(13)10(18(5)15-6)12(19)17(4)7(2)11-14-8(3)16-20-11/h7H,1-5H3/t7-/m0/s1. The minimum absolute atomic E-state index is 0.249. The summed E-state index contributed by atoms with van der Waals surface area (Å²) in [5.41, 5.74) is 0.960. The summed E-state index contributed by atoms with van der Waals surface area (Å²) < 4.78 is 6.56. The molecule has 0 saturated carbocycles. The number of aromatic nitrogens is 4. The Balaban J connectivity index is 2.28. The number of halogens is 1. The molecule has 0 radical (unpaired) electrons. The van der Waals surface area contributed by atoms with Gasteiger partial charge in [-0.05, 0) is 20.8 Å². The van der Waals surface area contributed by atoms with E-state index in [4.69, 9.17) is 16.1 Å². The molecule has 0 aliphatic heterocycles. The molecule has 0 aliphatic carbocycles. The Morgan fingerprint density at radius 1 is 1.45 bits per heavy atom. The van der Waals surface area contributed by atoms with E-state index in [0.717, 1.165) is 0 Å². The van der Waals surface area contributed by atoms with Gasteiger partial charge >= 0.3 is 0 Å². The van der Waals surface area contributed by atoms with Crippen LogP contribution in [-0.2, 0) is 7.05 Å². The summed E-state index contributed by atoms with van der Waals surface area (Å²) in [4.78, 5) is 18.1. The summed E-state index contributed by atoms with van der Waals surface area (Å²) in [6.07, 6.45) is 0. The molecule has 0 unspecified atom stereocenters. The average Bonchev–Trinajstić information content (AvgIpc) is 2.92. The maximum absolute atomic E-state index is 12.5. The van der Waals surface area contributed by atoms with Crippen LogP contribution >= 0.6 is 11.6 Å². The van der Waals surface area contributed by atoms with Crippen molar-refractivity contribution in [3.05, 3.63) is 28.1 Å². The van der Waals surface area contributed by atoms with Gasteiger partial charge in [0.05, 0.1) is 10.7 Å². The molecule has 7 nitrogen and oxygen atoms in total. The van der Waals surface area contributed by atoms with Crippen molar-refractivity contribution in [2.45, 2.75) is 26.8 Å². The van der Waals surface area contributed by atoms with Crippen molar-refractivity contribution >= 4 is 17.5 Å². The van der Waals surface area contributed by atoms with E-state index < -0.39 is 0 Å². The lowest BCUT2D eigenvalue weighted by atomic mass is 10.2. The van der Waals surface area contributed by atoms with Crippen LogP contribution in [-0.4, -0.2) is 37.8 Å². The Hall–Kier alpha value is -1.89. The van der Waals surface area contributed by atoms with Crippen molar-refractivity contribution in [3.8, 4) is 0 Å². The van der Waals surface area contributed by atoms with Crippen molar-refractivity contribution < 1.29 is 9.32 Å². The summed E-state index contributed by atoms with van der Waals surface area (Å²) in [7, 11) is 3.34. The van der Waals surface area contributed by atoms with Gasteiger partial charge in [-0.2, -0.15) is 10.1 Å². The van der Waals surface area contributed by atoms with Crippen LogP contribution in [0.5, 0.6) is 0 Å². The molecule has 0 N–H and O–H groups in total. The normalized spacial score (nSPS) is 12.5. The second kappa shape index (κ2) is 5.24. The van der Waals surface area contributed by atoms with Crippen LogP contribution in [0.4, 0.5) is 0 Å². The highest BCUT2D eigenvalue weighted by molar-refractivity contribution is 6.34. The van der Waals surface area contributed by atoms with E-state index in [1.807, 2.05) is 6.92 Å². The molecular formula is C12H16ClN5O2. The molecule has 0 fully saturated rings. The average molecular weight is 298 g/mol. The molecule has 108 valence electrons. The predicted octanol–water partition coefficient (Wildman–Crippen LogP) is 1.91. The minimum atomic E-state index is -0.352. The van der Waals surface area contributed by atoms with Gasteiger partial charge in [0.1, 0.15) is 11.7 Å². The second-order valence-corrected chi connectivity index (χ2v) is 5.02. The molecule has 2 aromatic heterocycles. The minimum Gasteiger partial charge on any atom is -0.337 e. The predicted molar refractivity (Wildman–Crippen MR) is 72.5 cm³/mol. The molecule has 2 rings (SSSR count). The Morgan fingerprint density at radius 3 is 2.55 bits per heavy atom. The molecule has 0 saturated heterocycles. The van der Waals surface area contributed by atoms with Gasteiger partial charge < -0.3 is 9.42 Å². The van der Waals surface area contributed by atoms with E-state index in [0.29, 0.717) is 28.1 Å². The first-order valence-electron chi connectivity index (χ1n) is 6.09. The largest absolute Gasteiger partial charge is 0.337 e. The van der Waals surface area contributed by atoms with Gasteiger partial charge in [-0.1, -0.05) is 16.8 Å². The molecule has 0 aromatic carbocycles. The SMILES string of the molecule is Cc1noc([C@H](C)N(C)C(=O)c2c(Cl)c(C)nn2C)n1. The number of carbonyl (C=O) groups is 1. The van der Waals surface area contributed by atoms with Crippen LogP contribution in [0.25, 0.3) is 0 Å². The number of hydrogen-bond acceptors (Lipinski definition) is 5. The number of hydrogen-bond donors (Lipinski definition) is 0. The molecule has 2 aromatic rings. The van der Waals surface area contributed by atoms with Crippen LogP contribution in [0.2, 0.25) is 5.02 Å². The maximum atomic E-state index is 12.5. The number of nitrogens with zero attached hydrogens (tertiary/aromatic N) is 5. The fourth-order valence-corrected chi connectivity index (χ4v) is 2.10. The highest BCUT2D eigenvalue weighted by atomic mass is 35.5. The zero-order valence-corrected chi connectivity index (χ0v) is 12.8. The van der Waals surface area contributed by atoms with E-state index in [9.17, 15) is 4.79 Å². The molecular weight excluding hydrogens is 282 g/mol. The van der Waals surface area contributed by atoms with Crippen molar-refractivity contribution in [2.75, 3.05) is 7.05 Å². The van der Waals surface area contributed by atoms with Crippen molar-refractivity contribution in [1.29, 1.82) is 0 Å². The zero-order valence-electron chi connectivity index (χ0n) is 12.0. The first-order valence-corrected chi connectivity index (χ1v) is 6.47. The van der Waals surface area contributed by atoms with Crippen LogP contribution in [0.1, 0.15) is 40.9 Å². The van der Waals surface area contributed by atoms with E-state index >= 15 is 0 Å². The Bertz CT molecular complexity index is 648. The zero-order chi connectivity index (χ0) is 15.0. The van der Waals surface area contributed by atoms with Crippen molar-refractivity contribution in [3.63, 3.8) is 0 Å². The van der Waals surface area contributed by atoms with Crippen LogP contribution in [0.15, 0.2) is 4.52 Å². The molecule has 0 spiro atoms. The molecule has 0 bridgehead atoms. The third-order valence-electron chi connectivity index (χ3n) is 3.15. The summed E-state index contributed by atoms with van der Waals surface area (Å²) in [5.74, 6) is 0.664. The number of carbonyl (C=O) groups excluding carboxylic acids is 1. The van der Waals surface area contributed by atoms with Gasteiger partial charge in [0, 0.05) is 14.1 Å². The van der Waals surface area contributed by atoms with Gasteiger partial charge in [-0.15, -0.1) is 0 Å². The topological polar surface area (TPSA) is 77.0 Å². The summed E-state index contributed by atoms with van der Waals surface area (Å²) >= 11 is 6.13. The van der Waals surface area contributed by atoms with Gasteiger partial charge in [-0.3, -0.25) is 9.48 Å². The highest BCUT2D eigenvalue weighted by Gasteiger charge is 2.27. The first kappa shape index (κ1) is 14.5. The number of aryl methyl sites for hydroxylation is 3. The van der Waals surface area contributed by atoms with Crippen LogP contribution in [0.3, 0.4) is 0 Å². The quantitative estimate of drug-likeness (QED) is 0.865. The number of amides is 1. The Labute approximate surface area is 121 Å². The molecule has 20 heavy (non-hydrogen) atoms. The third-order valence-corrected chi connectivity index (χ3v) is 3.61. The lowest BCUT2D eigenvalue weighted by Crippen LogP contribution is -2.31. The van der Waals surface area contributed by atoms with Gasteiger partial charge in [0.15, 0.2) is 5.82 Å². The summed E-state index contributed by atoms with van der Waals surface area (Å²) in [6.45, 7) is 5.29. The monoisotopic (exact) mass is 297 g/mol. The lowest BCUT2D eigenvalue weighted by molar-refractivity contribution is 0.0705. The van der Waals surface area contributed by atoms with E-state index in [1.54, 1.807) is 27.9 Å². The lowest BCUT2D eigenvalue weighted by Gasteiger charge is -2.22. The molecule has 0 aliphatic rings. The van der Waals surface area contributed by atoms with Crippen molar-refractivity contribution in [2.24, 2.45) is 7.05 Å². The summed E-state index contributed by atoms with van der Waals surface area (Å²) in [5, 5.41) is 8.22. The first-order chi connectivity index (χ1) is 9.32. The van der Waals surface area contributed by atoms with E-state index in [1.165, 1.54) is 9.58 Å². The molecule has 8 heteroatoms. The Morgan fingerprint density at radius 2 is 2.10 bits per heavy atom. The molecule has 1 amide bonds. The highest BCUT2D eigenvalue weighted by Crippen LogP contribution is 2.24. The molecule has 1 atom stereocenters. The van der Waals surface area contributed by atoms with E-state index in [2.05, 4.69) is 15.2 Å². The van der Waals surface area contributed by atoms with Crippen molar-refractivity contribution in [1.82, 2.24) is 24.8 Å². The second-order valence-electron chi connectivity index (χ2n) is 4.64. The maximum Gasteiger partial charge on any atom is 0.274 e. The Kier molecular flexibility index (Phi) is 3.80. The van der Waals surface area contributed by atoms with Gasteiger partial charge in [0.25, 0.3) is 5.91 Å². The van der Waals surface area contributed by atoms with Gasteiger partial charge in [0.2, 0.25) is 5.89 Å². The fourth-order valence-electron chi connectivity index (χ4n) is 1.86. The molecule has 2 heterocycles. The smallest absolute Gasteiger partial charge is 0.274 e. The van der Waals surface area contributed by atoms with E-state index in [-0.39, 0.29) is 11.9 Å². The van der Waals surface area contributed by atoms with Crippen LogP contribution in [0, 0.1) is 13.8 Å². The third kappa shape index (κ3) is 2.40.